The Morgan fingerprint density at radius 3 is 2.90 bits per heavy atom. The Kier molecular flexibility index (Phi) is 5.42. The molecule has 1 aromatic carbocycles. The van der Waals surface area contributed by atoms with Crippen molar-refractivity contribution >= 4 is 43.7 Å². The number of anilines is 1. The molecule has 1 amide bonds. The van der Waals surface area contributed by atoms with E-state index in [1.54, 1.807) is 17.5 Å². The van der Waals surface area contributed by atoms with E-state index in [1.165, 1.54) is 27.0 Å². The van der Waals surface area contributed by atoms with E-state index in [-0.39, 0.29) is 19.2 Å². The molecule has 3 aromatic rings. The summed E-state index contributed by atoms with van der Waals surface area (Å²) >= 11 is 2.52. The number of piperidine rings is 1. The van der Waals surface area contributed by atoms with Crippen molar-refractivity contribution in [3.05, 3.63) is 41.1 Å². The first-order chi connectivity index (χ1) is 15.0. The molecular weight excluding hydrogens is 458 g/mol. The smallest absolute Gasteiger partial charge is 0.252 e. The Hall–Kier alpha value is -2.47. The fraction of sp³-hybridized carbons (Fsp3) is 0.300. The number of aromatic nitrogens is 1. The minimum atomic E-state index is -3.56. The fourth-order valence-corrected chi connectivity index (χ4v) is 7.03. The van der Waals surface area contributed by atoms with Crippen LogP contribution >= 0.6 is 22.7 Å². The normalized spacial score (nSPS) is 18.8. The van der Waals surface area contributed by atoms with Gasteiger partial charge in [-0.15, -0.1) is 22.7 Å². The Bertz CT molecular complexity index is 1210. The van der Waals surface area contributed by atoms with Crippen molar-refractivity contribution in [3.63, 3.8) is 0 Å². The summed E-state index contributed by atoms with van der Waals surface area (Å²) in [6, 6.07) is 8.89. The summed E-state index contributed by atoms with van der Waals surface area (Å²) in [5.74, 6) is 0.747. The van der Waals surface area contributed by atoms with Crippen LogP contribution in [0.4, 0.5) is 5.13 Å². The third kappa shape index (κ3) is 4.05. The second kappa shape index (κ2) is 8.23. The molecule has 0 spiro atoms. The summed E-state index contributed by atoms with van der Waals surface area (Å²) in [5.41, 5.74) is 1.59. The van der Waals surface area contributed by atoms with Gasteiger partial charge in [-0.25, -0.2) is 13.4 Å². The van der Waals surface area contributed by atoms with E-state index in [2.05, 4.69) is 10.3 Å². The molecule has 5 rings (SSSR count). The van der Waals surface area contributed by atoms with Gasteiger partial charge in [-0.3, -0.25) is 4.79 Å². The monoisotopic (exact) mass is 477 g/mol. The standard InChI is InChI=1S/C20H19N3O5S3/c24-19(14-3-1-7-23(10-14)31(25,26)18-4-2-8-29-18)22-20-21-15(11-30-20)13-5-6-16-17(9-13)28-12-27-16/h2,4-6,8-9,11,14H,1,3,7,10,12H2,(H,21,22,24). The van der Waals surface area contributed by atoms with E-state index in [4.69, 9.17) is 9.47 Å². The number of thiophene rings is 1. The second-order valence-electron chi connectivity index (χ2n) is 7.23. The molecule has 0 bridgehead atoms. The molecule has 1 saturated heterocycles. The molecule has 1 atom stereocenters. The number of hydrogen-bond acceptors (Lipinski definition) is 8. The number of nitrogens with zero attached hydrogens (tertiary/aromatic N) is 2. The third-order valence-corrected chi connectivity index (χ3v) is 9.24. The number of fused-ring (bicyclic) bond motifs is 1. The number of nitrogens with one attached hydrogen (secondary N) is 1. The number of ether oxygens (including phenoxy) is 2. The van der Waals surface area contributed by atoms with Crippen molar-refractivity contribution in [1.29, 1.82) is 0 Å². The van der Waals surface area contributed by atoms with Gasteiger partial charge in [0.25, 0.3) is 10.0 Å². The van der Waals surface area contributed by atoms with E-state index in [1.807, 2.05) is 23.6 Å². The first kappa shape index (κ1) is 20.4. The van der Waals surface area contributed by atoms with Crippen LogP contribution in [0.1, 0.15) is 12.8 Å². The van der Waals surface area contributed by atoms with Gasteiger partial charge in [-0.05, 0) is 42.5 Å². The largest absolute Gasteiger partial charge is 0.454 e. The first-order valence-electron chi connectivity index (χ1n) is 9.71. The molecule has 162 valence electrons. The summed E-state index contributed by atoms with van der Waals surface area (Å²) in [6.07, 6.45) is 1.28. The SMILES string of the molecule is O=C(Nc1nc(-c2ccc3c(c2)OCO3)cs1)C1CCCN(S(=O)(=O)c2cccs2)C1. The molecule has 1 N–H and O–H groups in total. The molecule has 0 radical (unpaired) electrons. The van der Waals surface area contributed by atoms with Gasteiger partial charge < -0.3 is 14.8 Å². The van der Waals surface area contributed by atoms with Crippen LogP contribution in [0.25, 0.3) is 11.3 Å². The quantitative estimate of drug-likeness (QED) is 0.603. The van der Waals surface area contributed by atoms with Gasteiger partial charge >= 0.3 is 0 Å². The van der Waals surface area contributed by atoms with Gasteiger partial charge in [0.15, 0.2) is 16.6 Å². The number of hydrogen-bond donors (Lipinski definition) is 1. The highest BCUT2D eigenvalue weighted by atomic mass is 32.2. The highest BCUT2D eigenvalue weighted by Gasteiger charge is 2.34. The van der Waals surface area contributed by atoms with Crippen LogP contribution in [-0.4, -0.2) is 43.5 Å². The zero-order valence-electron chi connectivity index (χ0n) is 16.3. The van der Waals surface area contributed by atoms with Crippen molar-refractivity contribution in [2.75, 3.05) is 25.2 Å². The lowest BCUT2D eigenvalue weighted by atomic mass is 9.99. The van der Waals surface area contributed by atoms with Crippen molar-refractivity contribution < 1.29 is 22.7 Å². The van der Waals surface area contributed by atoms with Gasteiger partial charge in [0.1, 0.15) is 4.21 Å². The first-order valence-corrected chi connectivity index (χ1v) is 12.9. The number of carbonyl (C=O) groups is 1. The number of thiazole rings is 1. The number of rotatable bonds is 5. The third-order valence-electron chi connectivity index (χ3n) is 5.25. The van der Waals surface area contributed by atoms with Crippen molar-refractivity contribution in [1.82, 2.24) is 9.29 Å². The van der Waals surface area contributed by atoms with Gasteiger partial charge in [0, 0.05) is 24.0 Å². The maximum atomic E-state index is 12.8. The second-order valence-corrected chi connectivity index (χ2v) is 11.2. The molecule has 0 aliphatic carbocycles. The molecule has 0 saturated carbocycles. The van der Waals surface area contributed by atoms with E-state index >= 15 is 0 Å². The van der Waals surface area contributed by atoms with Crippen molar-refractivity contribution in [2.24, 2.45) is 5.92 Å². The zero-order valence-corrected chi connectivity index (χ0v) is 18.8. The van der Waals surface area contributed by atoms with Gasteiger partial charge in [-0.2, -0.15) is 4.31 Å². The summed E-state index contributed by atoms with van der Waals surface area (Å²) < 4.78 is 38.0. The highest BCUT2D eigenvalue weighted by molar-refractivity contribution is 7.91. The number of carbonyl (C=O) groups excluding carboxylic acids is 1. The Balaban J connectivity index is 1.26. The fourth-order valence-electron chi connectivity index (χ4n) is 3.64. The van der Waals surface area contributed by atoms with Crippen LogP contribution in [0.2, 0.25) is 0 Å². The van der Waals surface area contributed by atoms with Crippen molar-refractivity contribution in [2.45, 2.75) is 17.1 Å². The van der Waals surface area contributed by atoms with E-state index in [9.17, 15) is 13.2 Å². The molecule has 1 unspecified atom stereocenters. The summed E-state index contributed by atoms with van der Waals surface area (Å²) in [7, 11) is -3.56. The lowest BCUT2D eigenvalue weighted by Gasteiger charge is -2.30. The topological polar surface area (TPSA) is 97.8 Å². The van der Waals surface area contributed by atoms with Crippen molar-refractivity contribution in [3.8, 4) is 22.8 Å². The molecule has 2 aromatic heterocycles. The molecule has 4 heterocycles. The predicted octanol–water partition coefficient (Wildman–Crippen LogP) is 3.64. The number of amides is 1. The van der Waals surface area contributed by atoms with Gasteiger partial charge in [0.05, 0.1) is 11.6 Å². The number of sulfonamides is 1. The highest BCUT2D eigenvalue weighted by Crippen LogP contribution is 2.36. The summed E-state index contributed by atoms with van der Waals surface area (Å²) in [4.78, 5) is 17.3. The maximum absolute atomic E-state index is 12.8. The van der Waals surface area contributed by atoms with Crippen LogP contribution in [0, 0.1) is 5.92 Å². The van der Waals surface area contributed by atoms with E-state index in [0.29, 0.717) is 40.2 Å². The van der Waals surface area contributed by atoms with Crippen LogP contribution in [0.5, 0.6) is 11.5 Å². The molecule has 1 fully saturated rings. The molecule has 8 nitrogen and oxygen atoms in total. The molecule has 31 heavy (non-hydrogen) atoms. The van der Waals surface area contributed by atoms with Crippen LogP contribution < -0.4 is 14.8 Å². The van der Waals surface area contributed by atoms with Gasteiger partial charge in [0.2, 0.25) is 12.7 Å². The van der Waals surface area contributed by atoms with Crippen LogP contribution in [0.15, 0.2) is 45.3 Å². The molecule has 2 aliphatic heterocycles. The number of benzene rings is 1. The van der Waals surface area contributed by atoms with Crippen LogP contribution in [0.3, 0.4) is 0 Å². The maximum Gasteiger partial charge on any atom is 0.252 e. The molecule has 11 heteroatoms. The summed E-state index contributed by atoms with van der Waals surface area (Å²) in [6.45, 7) is 0.805. The van der Waals surface area contributed by atoms with E-state index in [0.717, 1.165) is 11.3 Å². The lowest BCUT2D eigenvalue weighted by Crippen LogP contribution is -2.43. The zero-order chi connectivity index (χ0) is 21.4. The Labute approximate surface area is 187 Å². The average molecular weight is 478 g/mol. The van der Waals surface area contributed by atoms with E-state index < -0.39 is 15.9 Å². The minimum Gasteiger partial charge on any atom is -0.454 e. The van der Waals surface area contributed by atoms with Gasteiger partial charge in [-0.1, -0.05) is 6.07 Å². The Morgan fingerprint density at radius 1 is 1.19 bits per heavy atom. The average Bonchev–Trinajstić information content (AvgIpc) is 3.54. The summed E-state index contributed by atoms with van der Waals surface area (Å²) in [5, 5.41) is 6.94. The minimum absolute atomic E-state index is 0.173. The lowest BCUT2D eigenvalue weighted by molar-refractivity contribution is -0.120. The molecule has 2 aliphatic rings. The Morgan fingerprint density at radius 2 is 2.06 bits per heavy atom. The van der Waals surface area contributed by atoms with Crippen LogP contribution in [-0.2, 0) is 14.8 Å². The predicted molar refractivity (Wildman–Crippen MR) is 118 cm³/mol. The molecular formula is C20H19N3O5S3.